The molecule has 182 valence electrons. The van der Waals surface area contributed by atoms with Crippen molar-refractivity contribution in [3.63, 3.8) is 0 Å². The minimum Gasteiger partial charge on any atom is -0.493 e. The number of methoxy groups -OCH3 is 1. The van der Waals surface area contributed by atoms with Gasteiger partial charge >= 0.3 is 6.09 Å². The molecule has 1 atom stereocenters. The van der Waals surface area contributed by atoms with E-state index in [0.29, 0.717) is 41.6 Å². The summed E-state index contributed by atoms with van der Waals surface area (Å²) in [6, 6.07) is 12.7. The second-order valence-corrected chi connectivity index (χ2v) is 7.74. The summed E-state index contributed by atoms with van der Waals surface area (Å²) < 4.78 is 16.7. The lowest BCUT2D eigenvalue weighted by atomic mass is 10.0. The van der Waals surface area contributed by atoms with Crippen molar-refractivity contribution >= 4 is 23.4 Å². The molecule has 2 amide bonds. The average molecular weight is 478 g/mol. The summed E-state index contributed by atoms with van der Waals surface area (Å²) in [6.07, 6.45) is 2.48. The zero-order chi connectivity index (χ0) is 24.8. The molecule has 10 nitrogen and oxygen atoms in total. The average Bonchev–Trinajstić information content (AvgIpc) is 3.42. The molecular formula is C25H27N5O5. The van der Waals surface area contributed by atoms with E-state index in [2.05, 4.69) is 20.4 Å². The lowest BCUT2D eigenvalue weighted by molar-refractivity contribution is 0.0712. The van der Waals surface area contributed by atoms with Gasteiger partial charge in [-0.25, -0.2) is 9.78 Å². The predicted octanol–water partition coefficient (Wildman–Crippen LogP) is 4.20. The lowest BCUT2D eigenvalue weighted by Gasteiger charge is -2.29. The number of hydrogen-bond acceptors (Lipinski definition) is 7. The Kier molecular flexibility index (Phi) is 7.30. The maximum atomic E-state index is 12.6. The number of cyclic esters (lactones) is 1. The highest BCUT2D eigenvalue weighted by atomic mass is 16.6. The molecular weight excluding hydrogens is 450 g/mol. The summed E-state index contributed by atoms with van der Waals surface area (Å²) in [5, 5.41) is 8.71. The largest absolute Gasteiger partial charge is 0.493 e. The molecule has 3 aromatic rings. The topological polar surface area (TPSA) is 118 Å². The minimum atomic E-state index is -0.518. The van der Waals surface area contributed by atoms with Crippen molar-refractivity contribution in [2.24, 2.45) is 5.10 Å². The van der Waals surface area contributed by atoms with Crippen LogP contribution < -0.4 is 14.8 Å². The number of aromatic nitrogens is 2. The van der Waals surface area contributed by atoms with Crippen LogP contribution in [0.2, 0.25) is 0 Å². The van der Waals surface area contributed by atoms with Gasteiger partial charge in [0, 0.05) is 11.3 Å². The molecule has 0 saturated carbocycles. The third-order valence-electron chi connectivity index (χ3n) is 5.40. The number of carbonyl (C=O) groups is 2. The smallest absolute Gasteiger partial charge is 0.431 e. The molecule has 2 heterocycles. The van der Waals surface area contributed by atoms with Gasteiger partial charge < -0.3 is 24.5 Å². The van der Waals surface area contributed by atoms with Crippen molar-refractivity contribution < 1.29 is 23.8 Å². The molecule has 1 aliphatic rings. The van der Waals surface area contributed by atoms with E-state index in [0.717, 1.165) is 11.1 Å². The van der Waals surface area contributed by atoms with Gasteiger partial charge in [-0.1, -0.05) is 19.1 Å². The van der Waals surface area contributed by atoms with Crippen molar-refractivity contribution in [3.8, 4) is 11.5 Å². The molecule has 2 aromatic carbocycles. The number of benzene rings is 2. The number of hydrogen-bond donors (Lipinski definition) is 2. The summed E-state index contributed by atoms with van der Waals surface area (Å²) in [5.74, 6) is 0.926. The monoisotopic (exact) mass is 477 g/mol. The van der Waals surface area contributed by atoms with E-state index < -0.39 is 12.2 Å². The number of anilines is 1. The molecule has 10 heteroatoms. The number of aromatic amines is 1. The molecule has 0 fully saturated rings. The first-order valence-corrected chi connectivity index (χ1v) is 11.3. The molecule has 0 aliphatic carbocycles. The number of rotatable bonds is 9. The zero-order valence-electron chi connectivity index (χ0n) is 19.8. The van der Waals surface area contributed by atoms with Gasteiger partial charge in [-0.15, -0.1) is 0 Å². The van der Waals surface area contributed by atoms with Crippen LogP contribution in [0.25, 0.3) is 0 Å². The van der Waals surface area contributed by atoms with Crippen LogP contribution >= 0.6 is 0 Å². The molecule has 1 aromatic heterocycles. The number of carbonyl (C=O) groups excluding carboxylic acids is 2. The van der Waals surface area contributed by atoms with Crippen LogP contribution in [0.5, 0.6) is 11.5 Å². The molecule has 35 heavy (non-hydrogen) atoms. The van der Waals surface area contributed by atoms with E-state index >= 15 is 0 Å². The van der Waals surface area contributed by atoms with Crippen molar-refractivity contribution in [3.05, 3.63) is 71.8 Å². The SMILES string of the molecule is CCOc1ccc(C2=NN(Cc3ccc(NC(=O)c4cnc[nH]4)cc3)C(=O)OC2CC)cc1OC. The number of amides is 2. The van der Waals surface area contributed by atoms with E-state index in [1.165, 1.54) is 17.5 Å². The third-order valence-corrected chi connectivity index (χ3v) is 5.40. The first kappa shape index (κ1) is 23.8. The molecule has 0 bridgehead atoms. The Morgan fingerprint density at radius 3 is 2.63 bits per heavy atom. The minimum absolute atomic E-state index is 0.210. The second kappa shape index (κ2) is 10.7. The molecule has 1 unspecified atom stereocenters. The van der Waals surface area contributed by atoms with E-state index in [9.17, 15) is 9.59 Å². The fourth-order valence-electron chi connectivity index (χ4n) is 3.64. The second-order valence-electron chi connectivity index (χ2n) is 7.74. The number of nitrogens with one attached hydrogen (secondary N) is 2. The first-order valence-electron chi connectivity index (χ1n) is 11.3. The number of H-pyrrole nitrogens is 1. The highest BCUT2D eigenvalue weighted by molar-refractivity contribution is 6.06. The molecule has 2 N–H and O–H groups in total. The van der Waals surface area contributed by atoms with Gasteiger partial charge in [-0.3, -0.25) is 4.79 Å². The highest BCUT2D eigenvalue weighted by Crippen LogP contribution is 2.30. The summed E-state index contributed by atoms with van der Waals surface area (Å²) in [5.41, 5.74) is 3.22. The van der Waals surface area contributed by atoms with Crippen LogP contribution in [0.15, 0.2) is 60.1 Å². The summed E-state index contributed by atoms with van der Waals surface area (Å²) in [6.45, 7) is 4.57. The van der Waals surface area contributed by atoms with Crippen molar-refractivity contribution in [2.75, 3.05) is 19.0 Å². The summed E-state index contributed by atoms with van der Waals surface area (Å²) in [4.78, 5) is 31.4. The van der Waals surface area contributed by atoms with E-state index in [-0.39, 0.29) is 12.5 Å². The standard InChI is InChI=1S/C25H27N5O5/c1-4-20-23(17-8-11-21(34-5-2)22(12-17)33-3)29-30(25(32)35-20)14-16-6-9-18(10-7-16)28-24(31)19-13-26-15-27-19/h6-13,15,20H,4-5,14H2,1-3H3,(H,26,27)(H,28,31). The van der Waals surface area contributed by atoms with Gasteiger partial charge in [0.15, 0.2) is 11.5 Å². The Morgan fingerprint density at radius 1 is 1.17 bits per heavy atom. The van der Waals surface area contributed by atoms with Crippen molar-refractivity contribution in [1.29, 1.82) is 0 Å². The Balaban J connectivity index is 1.52. The van der Waals surface area contributed by atoms with E-state index in [1.54, 1.807) is 19.2 Å². The molecule has 0 radical (unpaired) electrons. The molecule has 0 spiro atoms. The van der Waals surface area contributed by atoms with Crippen LogP contribution in [-0.2, 0) is 11.3 Å². The van der Waals surface area contributed by atoms with Crippen molar-refractivity contribution in [1.82, 2.24) is 15.0 Å². The number of ether oxygens (including phenoxy) is 3. The Bertz CT molecular complexity index is 1210. The van der Waals surface area contributed by atoms with Gasteiger partial charge in [0.2, 0.25) is 0 Å². The third kappa shape index (κ3) is 5.43. The number of nitrogens with zero attached hydrogens (tertiary/aromatic N) is 3. The number of hydrazone groups is 1. The lowest BCUT2D eigenvalue weighted by Crippen LogP contribution is -2.41. The molecule has 4 rings (SSSR count). The fraction of sp³-hybridized carbons (Fsp3) is 0.280. The van der Waals surface area contributed by atoms with Crippen LogP contribution in [0.3, 0.4) is 0 Å². The Morgan fingerprint density at radius 2 is 1.97 bits per heavy atom. The van der Waals surface area contributed by atoms with Crippen LogP contribution in [0.1, 0.15) is 41.9 Å². The van der Waals surface area contributed by atoms with Gasteiger partial charge in [-0.05, 0) is 49.2 Å². The Labute approximate surface area is 202 Å². The van der Waals surface area contributed by atoms with Gasteiger partial charge in [0.1, 0.15) is 17.5 Å². The molecule has 0 saturated heterocycles. The van der Waals surface area contributed by atoms with Crippen LogP contribution in [0.4, 0.5) is 10.5 Å². The summed E-state index contributed by atoms with van der Waals surface area (Å²) >= 11 is 0. The van der Waals surface area contributed by atoms with Crippen LogP contribution in [-0.4, -0.2) is 52.5 Å². The van der Waals surface area contributed by atoms with Gasteiger partial charge in [0.25, 0.3) is 5.91 Å². The first-order chi connectivity index (χ1) is 17.0. The summed E-state index contributed by atoms with van der Waals surface area (Å²) in [7, 11) is 1.58. The van der Waals surface area contributed by atoms with Crippen LogP contribution in [0, 0.1) is 0 Å². The maximum Gasteiger partial charge on any atom is 0.431 e. The normalized spacial score (nSPS) is 15.3. The van der Waals surface area contributed by atoms with E-state index in [1.807, 2.05) is 44.2 Å². The quantitative estimate of drug-likeness (QED) is 0.477. The fourth-order valence-corrected chi connectivity index (χ4v) is 3.64. The zero-order valence-corrected chi connectivity index (χ0v) is 19.8. The predicted molar refractivity (Wildman–Crippen MR) is 130 cm³/mol. The van der Waals surface area contributed by atoms with Gasteiger partial charge in [-0.2, -0.15) is 10.1 Å². The number of imidazole rings is 1. The Hall–Kier alpha value is -4.34. The van der Waals surface area contributed by atoms with Gasteiger partial charge in [0.05, 0.1) is 32.8 Å². The van der Waals surface area contributed by atoms with E-state index in [4.69, 9.17) is 14.2 Å². The highest BCUT2D eigenvalue weighted by Gasteiger charge is 2.31. The van der Waals surface area contributed by atoms with Crippen molar-refractivity contribution in [2.45, 2.75) is 32.9 Å². The maximum absolute atomic E-state index is 12.6. The molecule has 1 aliphatic heterocycles.